The molecule has 0 aromatic heterocycles. The maximum atomic E-state index is 13.4. The smallest absolute Gasteiger partial charge is 0.224 e. The molecule has 0 aliphatic carbocycles. The fourth-order valence-electron chi connectivity index (χ4n) is 1.36. The van der Waals surface area contributed by atoms with Crippen molar-refractivity contribution < 1.29 is 13.6 Å². The van der Waals surface area contributed by atoms with Crippen LogP contribution in [0.3, 0.4) is 0 Å². The summed E-state index contributed by atoms with van der Waals surface area (Å²) in [4.78, 5) is 11.7. The van der Waals surface area contributed by atoms with Crippen LogP contribution in [0.1, 0.15) is 26.3 Å². The lowest BCUT2D eigenvalue weighted by atomic mass is 9.96. The first-order valence-corrected chi connectivity index (χ1v) is 5.73. The van der Waals surface area contributed by atoms with E-state index in [0.29, 0.717) is 0 Å². The predicted molar refractivity (Wildman–Crippen MR) is 65.9 cm³/mol. The molecule has 0 fully saturated rings. The molecule has 0 spiro atoms. The number of nitrogens with one attached hydrogen (secondary N) is 1. The minimum Gasteiger partial charge on any atom is -0.349 e. The van der Waals surface area contributed by atoms with Crippen molar-refractivity contribution in [1.82, 2.24) is 5.32 Å². The molecule has 1 aromatic rings. The van der Waals surface area contributed by atoms with E-state index in [1.54, 1.807) is 20.8 Å². The topological polar surface area (TPSA) is 55.1 Å². The highest BCUT2D eigenvalue weighted by atomic mass is 19.1. The highest BCUT2D eigenvalue weighted by molar-refractivity contribution is 5.79. The molecule has 1 atom stereocenters. The zero-order valence-electron chi connectivity index (χ0n) is 10.8. The van der Waals surface area contributed by atoms with Crippen molar-refractivity contribution in [2.24, 2.45) is 5.73 Å². The van der Waals surface area contributed by atoms with Crippen molar-refractivity contribution in [2.75, 3.05) is 0 Å². The number of amides is 1. The fourth-order valence-corrected chi connectivity index (χ4v) is 1.36. The lowest BCUT2D eigenvalue weighted by Gasteiger charge is -2.30. The second kappa shape index (κ2) is 5.44. The molecule has 1 amide bonds. The van der Waals surface area contributed by atoms with Crippen molar-refractivity contribution in [3.63, 3.8) is 0 Å². The molecular formula is C13H18F2N2O. The van der Waals surface area contributed by atoms with Gasteiger partial charge in [-0.1, -0.05) is 6.07 Å². The fraction of sp³-hybridized carbons (Fsp3) is 0.462. The Balaban J connectivity index is 2.71. The monoisotopic (exact) mass is 256 g/mol. The van der Waals surface area contributed by atoms with E-state index in [1.807, 2.05) is 0 Å². The molecule has 0 bridgehead atoms. The number of benzene rings is 1. The van der Waals surface area contributed by atoms with Gasteiger partial charge in [0.05, 0.1) is 6.42 Å². The van der Waals surface area contributed by atoms with E-state index in [1.165, 1.54) is 6.07 Å². The van der Waals surface area contributed by atoms with Crippen molar-refractivity contribution in [2.45, 2.75) is 38.8 Å². The lowest BCUT2D eigenvalue weighted by Crippen LogP contribution is -2.54. The van der Waals surface area contributed by atoms with Crippen LogP contribution in [0.5, 0.6) is 0 Å². The molecular weight excluding hydrogens is 238 g/mol. The molecule has 0 radical (unpaired) electrons. The molecule has 3 N–H and O–H groups in total. The first-order chi connectivity index (χ1) is 8.22. The molecule has 0 saturated heterocycles. The third-order valence-corrected chi connectivity index (χ3v) is 2.97. The number of halogens is 2. The van der Waals surface area contributed by atoms with E-state index < -0.39 is 17.2 Å². The van der Waals surface area contributed by atoms with Crippen molar-refractivity contribution in [1.29, 1.82) is 0 Å². The second-order valence-electron chi connectivity index (χ2n) is 4.97. The average molecular weight is 256 g/mol. The molecule has 1 rings (SSSR count). The first kappa shape index (κ1) is 14.6. The Morgan fingerprint density at radius 3 is 2.56 bits per heavy atom. The van der Waals surface area contributed by atoms with Crippen LogP contribution in [0.15, 0.2) is 18.2 Å². The average Bonchev–Trinajstić information content (AvgIpc) is 2.21. The van der Waals surface area contributed by atoms with Crippen molar-refractivity contribution in [3.8, 4) is 0 Å². The summed E-state index contributed by atoms with van der Waals surface area (Å²) in [5.74, 6) is -1.72. The van der Waals surface area contributed by atoms with Crippen LogP contribution in [0.25, 0.3) is 0 Å². The third kappa shape index (κ3) is 3.77. The van der Waals surface area contributed by atoms with E-state index >= 15 is 0 Å². The van der Waals surface area contributed by atoms with Gasteiger partial charge in [0.15, 0.2) is 0 Å². The van der Waals surface area contributed by atoms with Gasteiger partial charge < -0.3 is 11.1 Å². The molecule has 0 heterocycles. The Kier molecular flexibility index (Phi) is 4.40. The molecule has 100 valence electrons. The molecule has 1 aromatic carbocycles. The second-order valence-corrected chi connectivity index (χ2v) is 4.97. The Labute approximate surface area is 105 Å². The van der Waals surface area contributed by atoms with Crippen molar-refractivity contribution >= 4 is 5.91 Å². The van der Waals surface area contributed by atoms with Crippen LogP contribution >= 0.6 is 0 Å². The Morgan fingerprint density at radius 1 is 1.44 bits per heavy atom. The number of carbonyl (C=O) groups excluding carboxylic acids is 1. The van der Waals surface area contributed by atoms with Crippen LogP contribution in [0.4, 0.5) is 8.78 Å². The van der Waals surface area contributed by atoms with E-state index in [9.17, 15) is 13.6 Å². The predicted octanol–water partition coefficient (Wildman–Crippen LogP) is 1.75. The maximum absolute atomic E-state index is 13.4. The summed E-state index contributed by atoms with van der Waals surface area (Å²) in [6, 6.07) is 2.92. The zero-order valence-corrected chi connectivity index (χ0v) is 10.8. The number of hydrogen-bond acceptors (Lipinski definition) is 2. The SMILES string of the molecule is CC(N)C(C)(C)NC(=O)Cc1ccc(F)cc1F. The summed E-state index contributed by atoms with van der Waals surface area (Å²) in [7, 11) is 0. The number of rotatable bonds is 4. The summed E-state index contributed by atoms with van der Waals surface area (Å²) in [6.45, 7) is 5.35. The van der Waals surface area contributed by atoms with Gasteiger partial charge in [-0.2, -0.15) is 0 Å². The minimum atomic E-state index is -0.719. The van der Waals surface area contributed by atoms with Gasteiger partial charge in [-0.05, 0) is 32.4 Å². The molecule has 0 aliphatic heterocycles. The third-order valence-electron chi connectivity index (χ3n) is 2.97. The zero-order chi connectivity index (χ0) is 13.9. The molecule has 18 heavy (non-hydrogen) atoms. The van der Waals surface area contributed by atoms with Crippen LogP contribution in [-0.2, 0) is 11.2 Å². The van der Waals surface area contributed by atoms with E-state index in [2.05, 4.69) is 5.32 Å². The summed E-state index contributed by atoms with van der Waals surface area (Å²) in [5.41, 5.74) is 5.31. The van der Waals surface area contributed by atoms with Gasteiger partial charge >= 0.3 is 0 Å². The summed E-state index contributed by atoms with van der Waals surface area (Å²) in [5, 5.41) is 2.72. The van der Waals surface area contributed by atoms with Gasteiger partial charge in [0, 0.05) is 17.6 Å². The molecule has 0 aliphatic rings. The van der Waals surface area contributed by atoms with E-state index in [4.69, 9.17) is 5.73 Å². The number of carbonyl (C=O) groups is 1. The number of nitrogens with two attached hydrogens (primary N) is 1. The largest absolute Gasteiger partial charge is 0.349 e. The van der Waals surface area contributed by atoms with Gasteiger partial charge in [0.25, 0.3) is 0 Å². The quantitative estimate of drug-likeness (QED) is 0.862. The van der Waals surface area contributed by atoms with Gasteiger partial charge in [-0.25, -0.2) is 8.78 Å². The van der Waals surface area contributed by atoms with E-state index in [-0.39, 0.29) is 23.9 Å². The number of hydrogen-bond donors (Lipinski definition) is 2. The van der Waals surface area contributed by atoms with E-state index in [0.717, 1.165) is 12.1 Å². The van der Waals surface area contributed by atoms with Gasteiger partial charge in [0.1, 0.15) is 11.6 Å². The summed E-state index contributed by atoms with van der Waals surface area (Å²) >= 11 is 0. The Morgan fingerprint density at radius 2 is 2.06 bits per heavy atom. The minimum absolute atomic E-state index is 0.137. The Hall–Kier alpha value is -1.49. The summed E-state index contributed by atoms with van der Waals surface area (Å²) < 4.78 is 26.1. The van der Waals surface area contributed by atoms with Gasteiger partial charge in [-0.15, -0.1) is 0 Å². The molecule has 5 heteroatoms. The molecule has 1 unspecified atom stereocenters. The standard InChI is InChI=1S/C13H18F2N2O/c1-8(16)13(2,3)17-12(18)6-9-4-5-10(14)7-11(9)15/h4-5,7-8H,6,16H2,1-3H3,(H,17,18). The highest BCUT2D eigenvalue weighted by Gasteiger charge is 2.25. The van der Waals surface area contributed by atoms with Crippen LogP contribution in [0, 0.1) is 11.6 Å². The lowest BCUT2D eigenvalue weighted by molar-refractivity contribution is -0.122. The first-order valence-electron chi connectivity index (χ1n) is 5.73. The van der Waals surface area contributed by atoms with Crippen LogP contribution < -0.4 is 11.1 Å². The van der Waals surface area contributed by atoms with Crippen molar-refractivity contribution in [3.05, 3.63) is 35.4 Å². The molecule has 3 nitrogen and oxygen atoms in total. The van der Waals surface area contributed by atoms with Gasteiger partial charge in [-0.3, -0.25) is 4.79 Å². The van der Waals surface area contributed by atoms with Crippen LogP contribution in [-0.4, -0.2) is 17.5 Å². The summed E-state index contributed by atoms with van der Waals surface area (Å²) in [6.07, 6.45) is -0.137. The maximum Gasteiger partial charge on any atom is 0.224 e. The van der Waals surface area contributed by atoms with Gasteiger partial charge in [0.2, 0.25) is 5.91 Å². The highest BCUT2D eigenvalue weighted by Crippen LogP contribution is 2.12. The van der Waals surface area contributed by atoms with Crippen LogP contribution in [0.2, 0.25) is 0 Å². The Bertz CT molecular complexity index is 445. The molecule has 0 saturated carbocycles. The normalized spacial score (nSPS) is 13.2.